The third kappa shape index (κ3) is 2.78. The van der Waals surface area contributed by atoms with E-state index in [0.29, 0.717) is 6.42 Å². The summed E-state index contributed by atoms with van der Waals surface area (Å²) >= 11 is 5.13. The Morgan fingerprint density at radius 3 is 2.83 bits per heavy atom. The maximum absolute atomic E-state index is 12.2. The van der Waals surface area contributed by atoms with Crippen molar-refractivity contribution in [3.63, 3.8) is 0 Å². The molecular formula is C13H19BrN2OS. The number of likely N-dealkylation sites (tertiary alicyclic amines) is 1. The lowest BCUT2D eigenvalue weighted by Gasteiger charge is -2.34. The van der Waals surface area contributed by atoms with Crippen LogP contribution in [0.1, 0.15) is 31.6 Å². The number of nitrogens with two attached hydrogens (primary N) is 1. The SMILES string of the molecule is CC1(C)C(N)CCN1C(=O)CCc1ccc(Br)s1. The first kappa shape index (κ1) is 14.0. The summed E-state index contributed by atoms with van der Waals surface area (Å²) in [6.07, 6.45) is 2.29. The van der Waals surface area contributed by atoms with Crippen LogP contribution in [-0.4, -0.2) is 28.9 Å². The molecule has 100 valence electrons. The molecule has 2 heterocycles. The second-order valence-corrected chi connectivity index (χ2v) is 7.85. The monoisotopic (exact) mass is 330 g/mol. The molecule has 1 aliphatic rings. The molecule has 0 bridgehead atoms. The standard InChI is InChI=1S/C13H19BrN2OS/c1-13(2)10(15)7-8-16(13)12(17)6-4-9-3-5-11(14)18-9/h3,5,10H,4,6-8,15H2,1-2H3. The summed E-state index contributed by atoms with van der Waals surface area (Å²) in [5.41, 5.74) is 5.85. The van der Waals surface area contributed by atoms with Crippen molar-refractivity contribution >= 4 is 33.2 Å². The van der Waals surface area contributed by atoms with Crippen LogP contribution in [-0.2, 0) is 11.2 Å². The number of hydrogen-bond acceptors (Lipinski definition) is 3. The van der Waals surface area contributed by atoms with Crippen molar-refractivity contribution in [2.45, 2.75) is 44.7 Å². The minimum Gasteiger partial charge on any atom is -0.336 e. The van der Waals surface area contributed by atoms with E-state index in [1.807, 2.05) is 11.0 Å². The Morgan fingerprint density at radius 2 is 2.33 bits per heavy atom. The Balaban J connectivity index is 1.93. The van der Waals surface area contributed by atoms with Gasteiger partial charge in [0, 0.05) is 23.9 Å². The zero-order valence-electron chi connectivity index (χ0n) is 10.8. The highest BCUT2D eigenvalue weighted by molar-refractivity contribution is 9.11. The van der Waals surface area contributed by atoms with Crippen LogP contribution < -0.4 is 5.73 Å². The number of amides is 1. The predicted molar refractivity (Wildman–Crippen MR) is 78.7 cm³/mol. The van der Waals surface area contributed by atoms with Crippen LogP contribution in [0.25, 0.3) is 0 Å². The molecule has 1 aliphatic heterocycles. The van der Waals surface area contributed by atoms with Crippen molar-refractivity contribution in [2.24, 2.45) is 5.73 Å². The Morgan fingerprint density at radius 1 is 1.61 bits per heavy atom. The highest BCUT2D eigenvalue weighted by Crippen LogP contribution is 2.29. The summed E-state index contributed by atoms with van der Waals surface area (Å²) in [7, 11) is 0. The second kappa shape index (κ2) is 5.31. The minimum absolute atomic E-state index is 0.0948. The van der Waals surface area contributed by atoms with E-state index in [1.54, 1.807) is 11.3 Å². The Hall–Kier alpha value is -0.390. The summed E-state index contributed by atoms with van der Waals surface area (Å²) < 4.78 is 1.12. The zero-order chi connectivity index (χ0) is 13.3. The Kier molecular flexibility index (Phi) is 4.14. The molecule has 18 heavy (non-hydrogen) atoms. The normalized spacial score (nSPS) is 22.4. The van der Waals surface area contributed by atoms with Gasteiger partial charge in [-0.2, -0.15) is 0 Å². The van der Waals surface area contributed by atoms with E-state index in [2.05, 4.69) is 35.8 Å². The van der Waals surface area contributed by atoms with Crippen molar-refractivity contribution in [2.75, 3.05) is 6.54 Å². The first-order chi connectivity index (χ1) is 8.41. The number of rotatable bonds is 3. The van der Waals surface area contributed by atoms with E-state index in [4.69, 9.17) is 5.73 Å². The highest BCUT2D eigenvalue weighted by Gasteiger charge is 2.41. The van der Waals surface area contributed by atoms with Crippen molar-refractivity contribution in [1.82, 2.24) is 4.90 Å². The van der Waals surface area contributed by atoms with Gasteiger partial charge in [0.25, 0.3) is 0 Å². The third-order valence-electron chi connectivity index (χ3n) is 3.78. The van der Waals surface area contributed by atoms with Crippen LogP contribution in [0.5, 0.6) is 0 Å². The average molecular weight is 331 g/mol. The lowest BCUT2D eigenvalue weighted by atomic mass is 9.96. The molecule has 0 radical (unpaired) electrons. The lowest BCUT2D eigenvalue weighted by molar-refractivity contribution is -0.134. The zero-order valence-corrected chi connectivity index (χ0v) is 13.2. The van der Waals surface area contributed by atoms with Crippen LogP contribution >= 0.6 is 27.3 Å². The van der Waals surface area contributed by atoms with Gasteiger partial charge >= 0.3 is 0 Å². The number of aryl methyl sites for hydroxylation is 1. The van der Waals surface area contributed by atoms with E-state index < -0.39 is 0 Å². The molecule has 3 nitrogen and oxygen atoms in total. The van der Waals surface area contributed by atoms with Crippen LogP contribution in [0.2, 0.25) is 0 Å². The van der Waals surface area contributed by atoms with Crippen LogP contribution in [0.4, 0.5) is 0 Å². The second-order valence-electron chi connectivity index (χ2n) is 5.30. The van der Waals surface area contributed by atoms with E-state index in [1.165, 1.54) is 4.88 Å². The van der Waals surface area contributed by atoms with E-state index in [0.717, 1.165) is 23.2 Å². The highest BCUT2D eigenvalue weighted by atomic mass is 79.9. The number of nitrogens with zero attached hydrogens (tertiary/aromatic N) is 1. The van der Waals surface area contributed by atoms with Crippen LogP contribution in [0, 0.1) is 0 Å². The summed E-state index contributed by atoms with van der Waals surface area (Å²) in [5, 5.41) is 0. The predicted octanol–water partition coefficient (Wildman–Crippen LogP) is 2.78. The number of thiophene rings is 1. The maximum atomic E-state index is 12.2. The van der Waals surface area contributed by atoms with E-state index in [-0.39, 0.29) is 17.5 Å². The fraction of sp³-hybridized carbons (Fsp3) is 0.615. The molecule has 0 aliphatic carbocycles. The molecule has 1 atom stereocenters. The van der Waals surface area contributed by atoms with Gasteiger partial charge in [0.05, 0.1) is 9.33 Å². The Labute approximate surface area is 120 Å². The summed E-state index contributed by atoms with van der Waals surface area (Å²) in [5.74, 6) is 0.220. The van der Waals surface area contributed by atoms with Gasteiger partial charge in [-0.1, -0.05) is 0 Å². The van der Waals surface area contributed by atoms with Crippen molar-refractivity contribution in [3.8, 4) is 0 Å². The fourth-order valence-electron chi connectivity index (χ4n) is 2.41. The van der Waals surface area contributed by atoms with Crippen molar-refractivity contribution in [1.29, 1.82) is 0 Å². The molecule has 0 saturated carbocycles. The molecule has 2 rings (SSSR count). The van der Waals surface area contributed by atoms with Crippen molar-refractivity contribution in [3.05, 3.63) is 20.8 Å². The van der Waals surface area contributed by atoms with Crippen LogP contribution in [0.15, 0.2) is 15.9 Å². The molecule has 1 aromatic rings. The fourth-order valence-corrected chi connectivity index (χ4v) is 3.89. The third-order valence-corrected chi connectivity index (χ3v) is 5.47. The number of carbonyl (C=O) groups excluding carboxylic acids is 1. The maximum Gasteiger partial charge on any atom is 0.223 e. The average Bonchev–Trinajstić information content (AvgIpc) is 2.82. The molecular weight excluding hydrogens is 312 g/mol. The van der Waals surface area contributed by atoms with Crippen molar-refractivity contribution < 1.29 is 4.79 Å². The van der Waals surface area contributed by atoms with Gasteiger partial charge in [-0.05, 0) is 54.8 Å². The lowest BCUT2D eigenvalue weighted by Crippen LogP contribution is -2.51. The molecule has 1 fully saturated rings. The molecule has 1 saturated heterocycles. The smallest absolute Gasteiger partial charge is 0.223 e. The summed E-state index contributed by atoms with van der Waals surface area (Å²) in [6, 6.07) is 4.20. The number of halogens is 1. The Bertz CT molecular complexity index is 444. The minimum atomic E-state index is -0.201. The first-order valence-corrected chi connectivity index (χ1v) is 7.82. The van der Waals surface area contributed by atoms with Crippen LogP contribution in [0.3, 0.4) is 0 Å². The number of hydrogen-bond donors (Lipinski definition) is 1. The molecule has 0 aromatic carbocycles. The molecule has 1 unspecified atom stereocenters. The molecule has 2 N–H and O–H groups in total. The molecule has 5 heteroatoms. The van der Waals surface area contributed by atoms with Gasteiger partial charge in [0.1, 0.15) is 0 Å². The largest absolute Gasteiger partial charge is 0.336 e. The molecule has 0 spiro atoms. The first-order valence-electron chi connectivity index (χ1n) is 6.21. The quantitative estimate of drug-likeness (QED) is 0.926. The topological polar surface area (TPSA) is 46.3 Å². The van der Waals surface area contributed by atoms with Gasteiger partial charge < -0.3 is 10.6 Å². The van der Waals surface area contributed by atoms with Gasteiger partial charge in [0.2, 0.25) is 5.91 Å². The van der Waals surface area contributed by atoms with Gasteiger partial charge in [-0.25, -0.2) is 0 Å². The van der Waals surface area contributed by atoms with E-state index >= 15 is 0 Å². The molecule has 1 amide bonds. The summed E-state index contributed by atoms with van der Waals surface area (Å²) in [6.45, 7) is 4.91. The van der Waals surface area contributed by atoms with Gasteiger partial charge in [-0.3, -0.25) is 4.79 Å². The summed E-state index contributed by atoms with van der Waals surface area (Å²) in [4.78, 5) is 15.4. The molecule has 1 aromatic heterocycles. The van der Waals surface area contributed by atoms with E-state index in [9.17, 15) is 4.79 Å². The number of carbonyl (C=O) groups is 1. The van der Waals surface area contributed by atoms with Gasteiger partial charge in [-0.15, -0.1) is 11.3 Å². The van der Waals surface area contributed by atoms with Gasteiger partial charge in [0.15, 0.2) is 0 Å².